The van der Waals surface area contributed by atoms with Crippen molar-refractivity contribution >= 4 is 17.5 Å². The smallest absolute Gasteiger partial charge is 0.245 e. The molecule has 1 heterocycles. The molecule has 1 fully saturated rings. The third-order valence-corrected chi connectivity index (χ3v) is 3.45. The van der Waals surface area contributed by atoms with Crippen molar-refractivity contribution in [2.24, 2.45) is 5.92 Å². The first-order chi connectivity index (χ1) is 10.1. The lowest BCUT2D eigenvalue weighted by Gasteiger charge is -2.17. The molecular weight excluding hydrogens is 272 g/mol. The summed E-state index contributed by atoms with van der Waals surface area (Å²) in [6.07, 6.45) is 0.444. The van der Waals surface area contributed by atoms with Crippen molar-refractivity contribution in [1.82, 2.24) is 5.32 Å². The van der Waals surface area contributed by atoms with Gasteiger partial charge in [0.1, 0.15) is 12.4 Å². The van der Waals surface area contributed by atoms with Crippen molar-refractivity contribution in [3.8, 4) is 5.75 Å². The van der Waals surface area contributed by atoms with Crippen molar-refractivity contribution in [3.05, 3.63) is 24.3 Å². The summed E-state index contributed by atoms with van der Waals surface area (Å²) in [4.78, 5) is 25.2. The molecule has 1 aliphatic rings. The summed E-state index contributed by atoms with van der Waals surface area (Å²) in [5, 5.41) is 2.77. The first-order valence-electron chi connectivity index (χ1n) is 6.84. The van der Waals surface area contributed by atoms with Crippen LogP contribution in [0.1, 0.15) is 6.42 Å². The second-order valence-electron chi connectivity index (χ2n) is 5.01. The van der Waals surface area contributed by atoms with E-state index in [1.165, 1.54) is 7.11 Å². The minimum atomic E-state index is -0.159. The van der Waals surface area contributed by atoms with E-state index >= 15 is 0 Å². The highest BCUT2D eigenvalue weighted by molar-refractivity contribution is 5.95. The summed E-state index contributed by atoms with van der Waals surface area (Å²) < 4.78 is 9.86. The van der Waals surface area contributed by atoms with Crippen LogP contribution in [0.15, 0.2) is 24.3 Å². The largest absolute Gasteiger partial charge is 0.497 e. The van der Waals surface area contributed by atoms with Crippen LogP contribution in [0.25, 0.3) is 0 Å². The molecule has 0 unspecified atom stereocenters. The van der Waals surface area contributed by atoms with E-state index in [0.717, 1.165) is 11.4 Å². The Hall–Kier alpha value is -2.08. The van der Waals surface area contributed by atoms with Crippen molar-refractivity contribution in [3.63, 3.8) is 0 Å². The maximum absolute atomic E-state index is 12.1. The molecule has 1 aliphatic heterocycles. The molecule has 2 rings (SSSR count). The van der Waals surface area contributed by atoms with Crippen molar-refractivity contribution < 1.29 is 19.1 Å². The van der Waals surface area contributed by atoms with Crippen LogP contribution in [0.5, 0.6) is 5.75 Å². The van der Waals surface area contributed by atoms with E-state index in [-0.39, 0.29) is 24.3 Å². The molecule has 0 spiro atoms. The zero-order chi connectivity index (χ0) is 15.2. The monoisotopic (exact) mass is 292 g/mol. The highest BCUT2D eigenvalue weighted by atomic mass is 16.5. The lowest BCUT2D eigenvalue weighted by molar-refractivity contribution is -0.125. The second kappa shape index (κ2) is 7.08. The minimum Gasteiger partial charge on any atom is -0.497 e. The molecule has 0 bridgehead atoms. The fourth-order valence-corrected chi connectivity index (χ4v) is 2.37. The molecule has 6 heteroatoms. The van der Waals surface area contributed by atoms with Crippen LogP contribution in [-0.2, 0) is 14.3 Å². The maximum atomic E-state index is 12.1. The van der Waals surface area contributed by atoms with Gasteiger partial charge in [-0.15, -0.1) is 0 Å². The lowest BCUT2D eigenvalue weighted by atomic mass is 10.1. The van der Waals surface area contributed by atoms with Gasteiger partial charge in [0.25, 0.3) is 0 Å². The predicted molar refractivity (Wildman–Crippen MR) is 78.3 cm³/mol. The molecule has 2 amide bonds. The topological polar surface area (TPSA) is 67.9 Å². The van der Waals surface area contributed by atoms with Gasteiger partial charge in [0.2, 0.25) is 11.8 Å². The second-order valence-corrected chi connectivity index (χ2v) is 5.01. The molecule has 6 nitrogen and oxygen atoms in total. The molecule has 0 radical (unpaired) electrons. The average molecular weight is 292 g/mol. The number of amides is 2. The number of carbonyl (C=O) groups excluding carboxylic acids is 2. The predicted octanol–water partition coefficient (Wildman–Crippen LogP) is 0.811. The molecule has 1 N–H and O–H groups in total. The van der Waals surface area contributed by atoms with Gasteiger partial charge in [-0.25, -0.2) is 0 Å². The fraction of sp³-hybridized carbons (Fsp3) is 0.467. The molecular formula is C15H20N2O4. The average Bonchev–Trinajstić information content (AvgIpc) is 2.87. The standard InChI is InChI=1S/C15H20N2O4/c1-20-10-14(18)16-8-11-7-15(19)17(9-11)12-3-5-13(21-2)6-4-12/h3-6,11H,7-10H2,1-2H3,(H,16,18)/t11-/m1/s1. The summed E-state index contributed by atoms with van der Waals surface area (Å²) in [5.41, 5.74) is 0.853. The van der Waals surface area contributed by atoms with E-state index in [4.69, 9.17) is 9.47 Å². The van der Waals surface area contributed by atoms with Gasteiger partial charge in [0.15, 0.2) is 0 Å². The normalized spacial score (nSPS) is 17.9. The van der Waals surface area contributed by atoms with Crippen LogP contribution in [0.3, 0.4) is 0 Å². The zero-order valence-corrected chi connectivity index (χ0v) is 12.3. The number of benzene rings is 1. The summed E-state index contributed by atoms with van der Waals surface area (Å²) in [6.45, 7) is 1.14. The SMILES string of the molecule is COCC(=O)NC[C@H]1CC(=O)N(c2ccc(OC)cc2)C1. The Labute approximate surface area is 124 Å². The zero-order valence-electron chi connectivity index (χ0n) is 12.3. The van der Waals surface area contributed by atoms with Crippen LogP contribution in [0.4, 0.5) is 5.69 Å². The molecule has 1 saturated heterocycles. The van der Waals surface area contributed by atoms with Gasteiger partial charge in [-0.2, -0.15) is 0 Å². The van der Waals surface area contributed by atoms with Crippen molar-refractivity contribution in [1.29, 1.82) is 0 Å². The number of nitrogens with zero attached hydrogens (tertiary/aromatic N) is 1. The Kier molecular flexibility index (Phi) is 5.16. The highest BCUT2D eigenvalue weighted by Crippen LogP contribution is 2.26. The highest BCUT2D eigenvalue weighted by Gasteiger charge is 2.30. The van der Waals surface area contributed by atoms with E-state index in [0.29, 0.717) is 19.5 Å². The van der Waals surface area contributed by atoms with Crippen LogP contribution < -0.4 is 15.0 Å². The molecule has 114 valence electrons. The van der Waals surface area contributed by atoms with E-state index in [9.17, 15) is 9.59 Å². The number of nitrogens with one attached hydrogen (secondary N) is 1. The van der Waals surface area contributed by atoms with E-state index in [1.807, 2.05) is 24.3 Å². The van der Waals surface area contributed by atoms with E-state index in [2.05, 4.69) is 5.32 Å². The number of rotatable bonds is 6. The number of hydrogen-bond acceptors (Lipinski definition) is 4. The Bertz CT molecular complexity index is 501. The van der Waals surface area contributed by atoms with Crippen LogP contribution in [0, 0.1) is 5.92 Å². The van der Waals surface area contributed by atoms with Crippen molar-refractivity contribution in [2.45, 2.75) is 6.42 Å². The van der Waals surface area contributed by atoms with Crippen LogP contribution in [-0.4, -0.2) is 45.7 Å². The van der Waals surface area contributed by atoms with Gasteiger partial charge >= 0.3 is 0 Å². The Morgan fingerprint density at radius 1 is 1.33 bits per heavy atom. The maximum Gasteiger partial charge on any atom is 0.245 e. The van der Waals surface area contributed by atoms with Gasteiger partial charge in [-0.1, -0.05) is 0 Å². The minimum absolute atomic E-state index is 0.0445. The van der Waals surface area contributed by atoms with Gasteiger partial charge in [0.05, 0.1) is 7.11 Å². The summed E-state index contributed by atoms with van der Waals surface area (Å²) in [5.74, 6) is 0.799. The Morgan fingerprint density at radius 2 is 2.05 bits per heavy atom. The summed E-state index contributed by atoms with van der Waals surface area (Å²) in [6, 6.07) is 7.39. The fourth-order valence-electron chi connectivity index (χ4n) is 2.37. The molecule has 1 atom stereocenters. The van der Waals surface area contributed by atoms with E-state index < -0.39 is 0 Å². The van der Waals surface area contributed by atoms with Gasteiger partial charge in [-0.05, 0) is 24.3 Å². The number of carbonyl (C=O) groups is 2. The van der Waals surface area contributed by atoms with Crippen LogP contribution >= 0.6 is 0 Å². The number of methoxy groups -OCH3 is 2. The quantitative estimate of drug-likeness (QED) is 0.842. The molecule has 1 aromatic rings. The lowest BCUT2D eigenvalue weighted by Crippen LogP contribution is -2.33. The van der Waals surface area contributed by atoms with Gasteiger partial charge in [0, 0.05) is 38.2 Å². The van der Waals surface area contributed by atoms with E-state index in [1.54, 1.807) is 12.0 Å². The molecule has 0 aromatic heterocycles. The number of hydrogen-bond donors (Lipinski definition) is 1. The summed E-state index contributed by atoms with van der Waals surface area (Å²) >= 11 is 0. The first-order valence-corrected chi connectivity index (χ1v) is 6.84. The first kappa shape index (κ1) is 15.3. The molecule has 0 saturated carbocycles. The van der Waals surface area contributed by atoms with Gasteiger partial charge in [-0.3, -0.25) is 9.59 Å². The van der Waals surface area contributed by atoms with Crippen LogP contribution in [0.2, 0.25) is 0 Å². The third-order valence-electron chi connectivity index (χ3n) is 3.45. The molecule has 1 aromatic carbocycles. The van der Waals surface area contributed by atoms with Crippen molar-refractivity contribution in [2.75, 3.05) is 38.8 Å². The Morgan fingerprint density at radius 3 is 2.67 bits per heavy atom. The number of ether oxygens (including phenoxy) is 2. The third kappa shape index (κ3) is 3.95. The summed E-state index contributed by atoms with van der Waals surface area (Å²) in [7, 11) is 3.08. The number of anilines is 1. The Balaban J connectivity index is 1.91. The molecule has 21 heavy (non-hydrogen) atoms. The van der Waals surface area contributed by atoms with Gasteiger partial charge < -0.3 is 19.7 Å². The molecule has 0 aliphatic carbocycles.